The molecule has 2 aliphatic rings. The number of carbonyl (C=O) groups excluding carboxylic acids is 1. The third-order valence-corrected chi connectivity index (χ3v) is 5.29. The Morgan fingerprint density at radius 1 is 1.42 bits per heavy atom. The van der Waals surface area contributed by atoms with E-state index in [1.165, 1.54) is 0 Å². The van der Waals surface area contributed by atoms with Crippen LogP contribution in [0.25, 0.3) is 10.9 Å². The number of aryl methyl sites for hydroxylation is 1. The summed E-state index contributed by atoms with van der Waals surface area (Å²) in [5, 5.41) is 3.95. The van der Waals surface area contributed by atoms with Gasteiger partial charge in [-0.05, 0) is 44.4 Å². The second-order valence-corrected chi connectivity index (χ2v) is 6.95. The quantitative estimate of drug-likeness (QED) is 0.929. The number of rotatable bonds is 3. The van der Waals surface area contributed by atoms with Crippen molar-refractivity contribution in [3.63, 3.8) is 0 Å². The summed E-state index contributed by atoms with van der Waals surface area (Å²) in [6.07, 6.45) is 4.85. The Bertz CT molecular complexity index is 876. The SMILES string of the molecule is CCn1cc(C(=O)N[C@@H]2C[C@H]3CC[C@H]2O3)c(=O)c2cc(Cl)ccc21. The van der Waals surface area contributed by atoms with E-state index in [1.807, 2.05) is 17.6 Å². The van der Waals surface area contributed by atoms with E-state index in [2.05, 4.69) is 5.32 Å². The van der Waals surface area contributed by atoms with E-state index in [9.17, 15) is 9.59 Å². The lowest BCUT2D eigenvalue weighted by atomic mass is 9.95. The Hall–Kier alpha value is -1.85. The number of aromatic nitrogens is 1. The molecule has 5 nitrogen and oxygen atoms in total. The largest absolute Gasteiger partial charge is 0.373 e. The summed E-state index contributed by atoms with van der Waals surface area (Å²) in [6, 6.07) is 5.19. The molecule has 4 rings (SSSR count). The molecule has 1 aromatic carbocycles. The van der Waals surface area contributed by atoms with Crippen molar-refractivity contribution < 1.29 is 9.53 Å². The van der Waals surface area contributed by atoms with Gasteiger partial charge in [0.2, 0.25) is 5.43 Å². The summed E-state index contributed by atoms with van der Waals surface area (Å²) < 4.78 is 7.67. The molecule has 0 aliphatic carbocycles. The van der Waals surface area contributed by atoms with Crippen molar-refractivity contribution in [1.29, 1.82) is 0 Å². The number of benzene rings is 1. The number of amides is 1. The third-order valence-electron chi connectivity index (χ3n) is 5.05. The standard InChI is InChI=1S/C18H19ClN2O3/c1-2-21-9-13(17(22)12-7-10(19)3-5-15(12)21)18(23)20-14-8-11-4-6-16(14)24-11/h3,5,7,9,11,14,16H,2,4,6,8H2,1H3,(H,20,23)/t11-,14-,16-/m1/s1. The van der Waals surface area contributed by atoms with Crippen LogP contribution in [0.5, 0.6) is 0 Å². The van der Waals surface area contributed by atoms with Crippen molar-refractivity contribution in [1.82, 2.24) is 9.88 Å². The fraction of sp³-hybridized carbons (Fsp3) is 0.444. The van der Waals surface area contributed by atoms with Gasteiger partial charge >= 0.3 is 0 Å². The van der Waals surface area contributed by atoms with Crippen LogP contribution in [0.15, 0.2) is 29.2 Å². The predicted octanol–water partition coefficient (Wildman–Crippen LogP) is 2.72. The van der Waals surface area contributed by atoms with Crippen LogP contribution in [0.4, 0.5) is 0 Å². The van der Waals surface area contributed by atoms with E-state index in [4.69, 9.17) is 16.3 Å². The fourth-order valence-corrected chi connectivity index (χ4v) is 4.00. The maximum absolute atomic E-state index is 12.8. The molecule has 3 atom stereocenters. The van der Waals surface area contributed by atoms with Gasteiger partial charge in [-0.1, -0.05) is 11.6 Å². The van der Waals surface area contributed by atoms with Gasteiger partial charge in [-0.3, -0.25) is 9.59 Å². The Morgan fingerprint density at radius 3 is 2.92 bits per heavy atom. The lowest BCUT2D eigenvalue weighted by Gasteiger charge is -2.20. The normalized spacial score (nSPS) is 25.3. The monoisotopic (exact) mass is 346 g/mol. The second kappa shape index (κ2) is 5.90. The van der Waals surface area contributed by atoms with Gasteiger partial charge in [0.25, 0.3) is 5.91 Å². The average molecular weight is 347 g/mol. The van der Waals surface area contributed by atoms with Crippen LogP contribution in [0.2, 0.25) is 5.02 Å². The number of hydrogen-bond acceptors (Lipinski definition) is 3. The third kappa shape index (κ3) is 2.52. The average Bonchev–Trinajstić information content (AvgIpc) is 3.18. The highest BCUT2D eigenvalue weighted by atomic mass is 35.5. The summed E-state index contributed by atoms with van der Waals surface area (Å²) >= 11 is 6.03. The van der Waals surface area contributed by atoms with Crippen LogP contribution >= 0.6 is 11.6 Å². The molecule has 0 radical (unpaired) electrons. The van der Waals surface area contributed by atoms with Gasteiger partial charge in [-0.25, -0.2) is 0 Å². The summed E-state index contributed by atoms with van der Waals surface area (Å²) in [4.78, 5) is 25.4. The van der Waals surface area contributed by atoms with Crippen LogP contribution in [0.3, 0.4) is 0 Å². The first kappa shape index (κ1) is 15.7. The van der Waals surface area contributed by atoms with Crippen LogP contribution in [0.1, 0.15) is 36.5 Å². The second-order valence-electron chi connectivity index (χ2n) is 6.51. The molecule has 3 heterocycles. The number of ether oxygens (including phenoxy) is 1. The van der Waals surface area contributed by atoms with Gasteiger partial charge in [-0.2, -0.15) is 0 Å². The Balaban J connectivity index is 1.71. The number of halogens is 1. The van der Waals surface area contributed by atoms with E-state index >= 15 is 0 Å². The van der Waals surface area contributed by atoms with E-state index in [-0.39, 0.29) is 35.1 Å². The number of fused-ring (bicyclic) bond motifs is 3. The Morgan fingerprint density at radius 2 is 2.25 bits per heavy atom. The molecule has 2 bridgehead atoms. The van der Waals surface area contributed by atoms with Crippen LogP contribution in [0, 0.1) is 0 Å². The Labute approximate surface area is 144 Å². The lowest BCUT2D eigenvalue weighted by molar-refractivity contribution is 0.0840. The van der Waals surface area contributed by atoms with E-state index in [0.717, 1.165) is 24.8 Å². The number of hydrogen-bond donors (Lipinski definition) is 1. The lowest BCUT2D eigenvalue weighted by Crippen LogP contribution is -2.43. The minimum absolute atomic E-state index is 0.000727. The molecule has 24 heavy (non-hydrogen) atoms. The van der Waals surface area contributed by atoms with E-state index < -0.39 is 0 Å². The topological polar surface area (TPSA) is 60.3 Å². The van der Waals surface area contributed by atoms with Crippen LogP contribution < -0.4 is 10.7 Å². The highest BCUT2D eigenvalue weighted by molar-refractivity contribution is 6.31. The van der Waals surface area contributed by atoms with Crippen molar-refractivity contribution in [2.24, 2.45) is 0 Å². The van der Waals surface area contributed by atoms with Gasteiger partial charge in [0, 0.05) is 23.2 Å². The van der Waals surface area contributed by atoms with Crippen molar-refractivity contribution in [3.8, 4) is 0 Å². The molecule has 2 aromatic rings. The zero-order valence-electron chi connectivity index (χ0n) is 13.4. The van der Waals surface area contributed by atoms with Gasteiger partial charge in [0.05, 0.1) is 23.8 Å². The minimum atomic E-state index is -0.328. The molecule has 0 saturated carbocycles. The van der Waals surface area contributed by atoms with Crippen molar-refractivity contribution in [2.75, 3.05) is 0 Å². The summed E-state index contributed by atoms with van der Waals surface area (Å²) in [5.74, 6) is -0.328. The van der Waals surface area contributed by atoms with Gasteiger partial charge in [-0.15, -0.1) is 0 Å². The molecule has 1 N–H and O–H groups in total. The first-order chi connectivity index (χ1) is 11.6. The van der Waals surface area contributed by atoms with Crippen molar-refractivity contribution in [3.05, 3.63) is 45.2 Å². The molecule has 6 heteroatoms. The van der Waals surface area contributed by atoms with E-state index in [0.29, 0.717) is 17.0 Å². The molecule has 2 aliphatic heterocycles. The fourth-order valence-electron chi connectivity index (χ4n) is 3.83. The molecule has 1 amide bonds. The zero-order valence-corrected chi connectivity index (χ0v) is 14.2. The number of carbonyl (C=O) groups is 1. The summed E-state index contributed by atoms with van der Waals surface area (Å²) in [7, 11) is 0. The van der Waals surface area contributed by atoms with E-state index in [1.54, 1.807) is 18.3 Å². The molecule has 1 aromatic heterocycles. The van der Waals surface area contributed by atoms with Crippen molar-refractivity contribution in [2.45, 2.75) is 51.0 Å². The van der Waals surface area contributed by atoms with Gasteiger partial charge in [0.1, 0.15) is 5.56 Å². The number of nitrogens with zero attached hydrogens (tertiary/aromatic N) is 1. The maximum Gasteiger partial charge on any atom is 0.257 e. The first-order valence-corrected chi connectivity index (χ1v) is 8.73. The molecule has 2 fully saturated rings. The van der Waals surface area contributed by atoms with Crippen LogP contribution in [-0.2, 0) is 11.3 Å². The summed E-state index contributed by atoms with van der Waals surface area (Å²) in [6.45, 7) is 2.64. The molecule has 126 valence electrons. The molecule has 0 spiro atoms. The molecular formula is C18H19ClN2O3. The van der Waals surface area contributed by atoms with Gasteiger partial charge in [0.15, 0.2) is 0 Å². The highest BCUT2D eigenvalue weighted by Crippen LogP contribution is 2.34. The predicted molar refractivity (Wildman–Crippen MR) is 92.7 cm³/mol. The minimum Gasteiger partial charge on any atom is -0.373 e. The smallest absolute Gasteiger partial charge is 0.257 e. The van der Waals surface area contributed by atoms with Crippen molar-refractivity contribution >= 4 is 28.4 Å². The Kier molecular flexibility index (Phi) is 3.85. The first-order valence-electron chi connectivity index (χ1n) is 8.36. The van der Waals surface area contributed by atoms with Crippen LogP contribution in [-0.4, -0.2) is 28.7 Å². The summed E-state index contributed by atoms with van der Waals surface area (Å²) in [5.41, 5.74) is 0.667. The maximum atomic E-state index is 12.8. The molecule has 0 unspecified atom stereocenters. The molecular weight excluding hydrogens is 328 g/mol. The number of pyridine rings is 1. The highest BCUT2D eigenvalue weighted by Gasteiger charge is 2.41. The molecule has 2 saturated heterocycles. The number of nitrogens with one attached hydrogen (secondary N) is 1. The van der Waals surface area contributed by atoms with Gasteiger partial charge < -0.3 is 14.6 Å². The zero-order chi connectivity index (χ0) is 16.8.